The molecule has 3 rings (SSSR count). The van der Waals surface area contributed by atoms with E-state index in [0.29, 0.717) is 29.5 Å². The van der Waals surface area contributed by atoms with E-state index in [0.717, 1.165) is 39.0 Å². The molecule has 2 saturated heterocycles. The van der Waals surface area contributed by atoms with Gasteiger partial charge in [-0.2, -0.15) is 4.31 Å². The van der Waals surface area contributed by atoms with Crippen LogP contribution in [0.3, 0.4) is 0 Å². The van der Waals surface area contributed by atoms with E-state index in [9.17, 15) is 13.2 Å². The molecule has 0 N–H and O–H groups in total. The molecule has 0 aromatic heterocycles. The van der Waals surface area contributed by atoms with Gasteiger partial charge in [0.2, 0.25) is 15.9 Å². The highest BCUT2D eigenvalue weighted by Gasteiger charge is 2.36. The first kappa shape index (κ1) is 27.9. The number of sulfonamides is 1. The molecule has 10 heteroatoms. The van der Waals surface area contributed by atoms with Gasteiger partial charge in [-0.1, -0.05) is 13.8 Å². The number of methoxy groups -OCH3 is 1. The predicted molar refractivity (Wildman–Crippen MR) is 134 cm³/mol. The van der Waals surface area contributed by atoms with Gasteiger partial charge in [0.25, 0.3) is 0 Å². The summed E-state index contributed by atoms with van der Waals surface area (Å²) in [5.41, 5.74) is 1.27. The Morgan fingerprint density at radius 3 is 2.31 bits per heavy atom. The molecule has 2 aliphatic heterocycles. The van der Waals surface area contributed by atoms with Gasteiger partial charge >= 0.3 is 0 Å². The molecule has 198 valence electrons. The molecule has 0 saturated carbocycles. The van der Waals surface area contributed by atoms with E-state index < -0.39 is 16.1 Å². The van der Waals surface area contributed by atoms with Crippen LogP contribution < -0.4 is 4.74 Å². The smallest absolute Gasteiger partial charge is 0.248 e. The summed E-state index contributed by atoms with van der Waals surface area (Å²) >= 11 is 0. The summed E-state index contributed by atoms with van der Waals surface area (Å²) in [5, 5.41) is 0. The largest absolute Gasteiger partial charge is 0.497 e. The number of hydrogen-bond donors (Lipinski definition) is 0. The molecule has 35 heavy (non-hydrogen) atoms. The molecule has 2 aliphatic rings. The van der Waals surface area contributed by atoms with Crippen molar-refractivity contribution in [1.29, 1.82) is 0 Å². The van der Waals surface area contributed by atoms with Crippen molar-refractivity contribution in [2.75, 3.05) is 66.3 Å². The standard InChI is InChI=1S/C25H41N3O6S/c1-6-26(7-2)21-8-10-27(11-9-21)24(29)18-34-17-22-16-33-13-12-28(22)35(30,31)25-19(3)14-23(32-5)15-20(25)4/h14-15,21-22H,6-13,16-18H2,1-5H3/t22-/m0/s1. The molecular formula is C25H41N3O6S. The van der Waals surface area contributed by atoms with Crippen molar-refractivity contribution in [3.8, 4) is 5.75 Å². The number of rotatable bonds is 10. The summed E-state index contributed by atoms with van der Waals surface area (Å²) in [5.74, 6) is 0.580. The lowest BCUT2D eigenvalue weighted by Crippen LogP contribution is -2.51. The second-order valence-electron chi connectivity index (χ2n) is 9.28. The van der Waals surface area contributed by atoms with Gasteiger partial charge in [-0.3, -0.25) is 4.79 Å². The highest BCUT2D eigenvalue weighted by atomic mass is 32.2. The van der Waals surface area contributed by atoms with Gasteiger partial charge < -0.3 is 24.0 Å². The number of carbonyl (C=O) groups excluding carboxylic acids is 1. The zero-order valence-corrected chi connectivity index (χ0v) is 22.6. The minimum atomic E-state index is -3.77. The predicted octanol–water partition coefficient (Wildman–Crippen LogP) is 2.05. The van der Waals surface area contributed by atoms with Crippen LogP contribution in [0.1, 0.15) is 37.8 Å². The summed E-state index contributed by atoms with van der Waals surface area (Å²) in [4.78, 5) is 17.3. The van der Waals surface area contributed by atoms with Crippen LogP contribution in [0.4, 0.5) is 0 Å². The summed E-state index contributed by atoms with van der Waals surface area (Å²) in [6.07, 6.45) is 1.94. The second-order valence-corrected chi connectivity index (χ2v) is 11.1. The third-order valence-corrected chi connectivity index (χ3v) is 9.35. The molecule has 0 aliphatic carbocycles. The van der Waals surface area contributed by atoms with E-state index in [1.165, 1.54) is 4.31 Å². The van der Waals surface area contributed by atoms with E-state index in [-0.39, 0.29) is 37.2 Å². The molecule has 0 spiro atoms. The highest BCUT2D eigenvalue weighted by Crippen LogP contribution is 2.30. The van der Waals surface area contributed by atoms with E-state index >= 15 is 0 Å². The molecule has 0 radical (unpaired) electrons. The van der Waals surface area contributed by atoms with Crippen LogP contribution in [0.5, 0.6) is 5.75 Å². The Kier molecular flexibility index (Phi) is 9.94. The first-order chi connectivity index (χ1) is 16.7. The molecule has 1 aromatic carbocycles. The Morgan fingerprint density at radius 2 is 1.74 bits per heavy atom. The second kappa shape index (κ2) is 12.5. The Hall–Kier alpha value is -1.72. The van der Waals surface area contributed by atoms with Crippen molar-refractivity contribution >= 4 is 15.9 Å². The van der Waals surface area contributed by atoms with Crippen molar-refractivity contribution in [3.05, 3.63) is 23.3 Å². The van der Waals surface area contributed by atoms with E-state index in [4.69, 9.17) is 14.2 Å². The fourth-order valence-corrected chi connectivity index (χ4v) is 7.23. The van der Waals surface area contributed by atoms with Gasteiger partial charge in [0.1, 0.15) is 12.4 Å². The Bertz CT molecular complexity index is 935. The molecule has 2 heterocycles. The Labute approximate surface area is 210 Å². The zero-order chi connectivity index (χ0) is 25.6. The monoisotopic (exact) mass is 511 g/mol. The van der Waals surface area contributed by atoms with Crippen molar-refractivity contribution in [1.82, 2.24) is 14.1 Å². The summed E-state index contributed by atoms with van der Waals surface area (Å²) in [6, 6.07) is 3.50. The number of ether oxygens (including phenoxy) is 3. The first-order valence-electron chi connectivity index (χ1n) is 12.6. The lowest BCUT2D eigenvalue weighted by atomic mass is 10.0. The summed E-state index contributed by atoms with van der Waals surface area (Å²) < 4.78 is 45.3. The third kappa shape index (κ3) is 6.54. The number of nitrogens with zero attached hydrogens (tertiary/aromatic N) is 3. The first-order valence-corrected chi connectivity index (χ1v) is 14.0. The van der Waals surface area contributed by atoms with E-state index in [2.05, 4.69) is 18.7 Å². The maximum absolute atomic E-state index is 13.6. The van der Waals surface area contributed by atoms with Gasteiger partial charge in [-0.05, 0) is 63.0 Å². The van der Waals surface area contributed by atoms with E-state index in [1.807, 2.05) is 4.90 Å². The number of aryl methyl sites for hydroxylation is 2. The highest BCUT2D eigenvalue weighted by molar-refractivity contribution is 7.89. The minimum absolute atomic E-state index is 0.0454. The molecule has 2 fully saturated rings. The van der Waals surface area contributed by atoms with Crippen LogP contribution in [-0.2, 0) is 24.3 Å². The molecule has 1 amide bonds. The van der Waals surface area contributed by atoms with Crippen molar-refractivity contribution < 1.29 is 27.4 Å². The van der Waals surface area contributed by atoms with Gasteiger partial charge in [-0.25, -0.2) is 8.42 Å². The molecule has 9 nitrogen and oxygen atoms in total. The average molecular weight is 512 g/mol. The van der Waals surface area contributed by atoms with Gasteiger partial charge in [0.15, 0.2) is 0 Å². The van der Waals surface area contributed by atoms with Crippen LogP contribution in [0, 0.1) is 13.8 Å². The third-order valence-electron chi connectivity index (χ3n) is 7.09. The molecule has 0 bridgehead atoms. The number of piperidine rings is 1. The minimum Gasteiger partial charge on any atom is -0.497 e. The maximum Gasteiger partial charge on any atom is 0.248 e. The fourth-order valence-electron chi connectivity index (χ4n) is 5.23. The van der Waals surface area contributed by atoms with Gasteiger partial charge in [0.05, 0.1) is 37.9 Å². The van der Waals surface area contributed by atoms with Crippen molar-refractivity contribution in [2.45, 2.75) is 57.5 Å². The van der Waals surface area contributed by atoms with Crippen molar-refractivity contribution in [3.63, 3.8) is 0 Å². The maximum atomic E-state index is 13.6. The summed E-state index contributed by atoms with van der Waals surface area (Å²) in [7, 11) is -2.21. The summed E-state index contributed by atoms with van der Waals surface area (Å²) in [6.45, 7) is 12.2. The Balaban J connectivity index is 1.59. The molecule has 0 unspecified atom stereocenters. The lowest BCUT2D eigenvalue weighted by Gasteiger charge is -2.38. The van der Waals surface area contributed by atoms with Crippen LogP contribution in [0.15, 0.2) is 17.0 Å². The van der Waals surface area contributed by atoms with Crippen LogP contribution in [0.2, 0.25) is 0 Å². The quantitative estimate of drug-likeness (QED) is 0.475. The lowest BCUT2D eigenvalue weighted by molar-refractivity contribution is -0.138. The number of carbonyl (C=O) groups is 1. The number of morpholine rings is 1. The van der Waals surface area contributed by atoms with Crippen molar-refractivity contribution in [2.24, 2.45) is 0 Å². The normalized spacial score (nSPS) is 20.4. The number of amides is 1. The SMILES string of the molecule is CCN(CC)C1CCN(C(=O)COC[C@@H]2COCCN2S(=O)(=O)c2c(C)cc(OC)cc2C)CC1. The molecular weight excluding hydrogens is 470 g/mol. The fraction of sp³-hybridized carbons (Fsp3) is 0.720. The number of likely N-dealkylation sites (tertiary alicyclic amines) is 1. The number of benzene rings is 1. The van der Waals surface area contributed by atoms with Crippen LogP contribution >= 0.6 is 0 Å². The number of hydrogen-bond acceptors (Lipinski definition) is 7. The van der Waals surface area contributed by atoms with Crippen LogP contribution in [-0.4, -0.2) is 107 Å². The molecule has 1 aromatic rings. The topological polar surface area (TPSA) is 88.6 Å². The average Bonchev–Trinajstić information content (AvgIpc) is 2.84. The zero-order valence-electron chi connectivity index (χ0n) is 21.8. The Morgan fingerprint density at radius 1 is 1.11 bits per heavy atom. The van der Waals surface area contributed by atoms with Crippen LogP contribution in [0.25, 0.3) is 0 Å². The van der Waals surface area contributed by atoms with E-state index in [1.54, 1.807) is 33.1 Å². The van der Waals surface area contributed by atoms with Gasteiger partial charge in [0, 0.05) is 25.7 Å². The molecule has 1 atom stereocenters. The van der Waals surface area contributed by atoms with Gasteiger partial charge in [-0.15, -0.1) is 0 Å².